The van der Waals surface area contributed by atoms with E-state index in [-0.39, 0.29) is 36.2 Å². The number of carbonyl (C=O) groups excluding carboxylic acids is 2. The highest BCUT2D eigenvalue weighted by atomic mass is 19.1. The summed E-state index contributed by atoms with van der Waals surface area (Å²) < 4.78 is 25.6. The summed E-state index contributed by atoms with van der Waals surface area (Å²) in [6.45, 7) is 0.469. The fraction of sp³-hybridized carbons (Fsp3) is 0.263. The second kappa shape index (κ2) is 8.91. The fourth-order valence-corrected chi connectivity index (χ4v) is 2.28. The molecule has 0 saturated heterocycles. The Kier molecular flexibility index (Phi) is 6.61. The van der Waals surface area contributed by atoms with Crippen LogP contribution in [0.5, 0.6) is 0 Å². The lowest BCUT2D eigenvalue weighted by Gasteiger charge is -2.05. The van der Waals surface area contributed by atoms with E-state index in [0.717, 1.165) is 5.56 Å². The third kappa shape index (κ3) is 5.91. The van der Waals surface area contributed by atoms with Crippen molar-refractivity contribution in [3.8, 4) is 0 Å². The van der Waals surface area contributed by atoms with E-state index in [1.54, 1.807) is 12.1 Å². The van der Waals surface area contributed by atoms with E-state index in [9.17, 15) is 18.4 Å². The number of amides is 1. The van der Waals surface area contributed by atoms with Crippen molar-refractivity contribution in [1.29, 1.82) is 0 Å². The number of benzene rings is 2. The molecule has 0 aliphatic carbocycles. The zero-order valence-electron chi connectivity index (χ0n) is 13.2. The number of carbonyl (C=O) groups is 2. The highest BCUT2D eigenvalue weighted by Gasteiger charge is 2.08. The summed E-state index contributed by atoms with van der Waals surface area (Å²) in [6.07, 6.45) is 1.58. The highest BCUT2D eigenvalue weighted by molar-refractivity contribution is 5.96. The molecule has 1 amide bonds. The number of rotatable bonds is 8. The van der Waals surface area contributed by atoms with Gasteiger partial charge in [-0.15, -0.1) is 0 Å². The van der Waals surface area contributed by atoms with E-state index in [0.29, 0.717) is 24.9 Å². The average Bonchev–Trinajstić information content (AvgIpc) is 2.57. The molecule has 0 radical (unpaired) electrons. The van der Waals surface area contributed by atoms with Gasteiger partial charge in [0.1, 0.15) is 11.6 Å². The van der Waals surface area contributed by atoms with E-state index in [1.165, 1.54) is 36.4 Å². The van der Waals surface area contributed by atoms with Crippen molar-refractivity contribution in [2.24, 2.45) is 0 Å². The Balaban J connectivity index is 1.63. The van der Waals surface area contributed by atoms with Crippen molar-refractivity contribution in [2.75, 3.05) is 6.54 Å². The lowest BCUT2D eigenvalue weighted by atomic mass is 10.1. The van der Waals surface area contributed by atoms with Crippen LogP contribution in [-0.2, 0) is 11.2 Å². The van der Waals surface area contributed by atoms with Gasteiger partial charge >= 0.3 is 0 Å². The molecule has 0 saturated carbocycles. The van der Waals surface area contributed by atoms with Crippen molar-refractivity contribution in [2.45, 2.75) is 25.7 Å². The van der Waals surface area contributed by atoms with Crippen molar-refractivity contribution in [1.82, 2.24) is 5.32 Å². The average molecular weight is 331 g/mol. The first-order chi connectivity index (χ1) is 11.5. The number of hydrogen-bond donors (Lipinski definition) is 1. The molecular weight excluding hydrogens is 312 g/mol. The molecule has 0 aliphatic rings. The van der Waals surface area contributed by atoms with Crippen LogP contribution in [0.2, 0.25) is 0 Å². The maximum atomic E-state index is 12.8. The second-order valence-corrected chi connectivity index (χ2v) is 5.51. The van der Waals surface area contributed by atoms with Crippen LogP contribution in [0.1, 0.15) is 35.2 Å². The quantitative estimate of drug-likeness (QED) is 0.750. The van der Waals surface area contributed by atoms with Crippen LogP contribution in [0.4, 0.5) is 8.78 Å². The summed E-state index contributed by atoms with van der Waals surface area (Å²) in [4.78, 5) is 23.6. The van der Waals surface area contributed by atoms with Gasteiger partial charge in [-0.3, -0.25) is 9.59 Å². The van der Waals surface area contributed by atoms with Crippen molar-refractivity contribution < 1.29 is 18.4 Å². The first-order valence-corrected chi connectivity index (χ1v) is 7.84. The van der Waals surface area contributed by atoms with Crippen LogP contribution in [0.15, 0.2) is 48.5 Å². The summed E-state index contributed by atoms with van der Waals surface area (Å²) in [5.41, 5.74) is 1.40. The van der Waals surface area contributed by atoms with E-state index in [1.807, 2.05) is 0 Å². The maximum absolute atomic E-state index is 12.8. The molecule has 2 rings (SSSR count). The molecule has 5 heteroatoms. The van der Waals surface area contributed by atoms with E-state index in [4.69, 9.17) is 0 Å². The maximum Gasteiger partial charge on any atom is 0.220 e. The van der Waals surface area contributed by atoms with Crippen LogP contribution < -0.4 is 5.32 Å². The van der Waals surface area contributed by atoms with Gasteiger partial charge in [-0.25, -0.2) is 8.78 Å². The largest absolute Gasteiger partial charge is 0.356 e. The monoisotopic (exact) mass is 331 g/mol. The first kappa shape index (κ1) is 17.8. The van der Waals surface area contributed by atoms with Gasteiger partial charge in [-0.2, -0.15) is 0 Å². The standard InChI is InChI=1S/C19H19F2NO2/c20-16-8-4-14(5-9-16)12-13-22-19(24)3-1-2-18(23)15-6-10-17(21)11-7-15/h4-11H,1-3,12-13H2,(H,22,24). The molecule has 2 aromatic rings. The number of hydrogen-bond acceptors (Lipinski definition) is 2. The molecule has 0 heterocycles. The Morgan fingerprint density at radius 2 is 1.42 bits per heavy atom. The fourth-order valence-electron chi connectivity index (χ4n) is 2.28. The number of ketones is 1. The molecule has 0 atom stereocenters. The predicted molar refractivity (Wildman–Crippen MR) is 87.7 cm³/mol. The summed E-state index contributed by atoms with van der Waals surface area (Å²) in [5, 5.41) is 2.77. The molecule has 0 fully saturated rings. The second-order valence-electron chi connectivity index (χ2n) is 5.51. The molecule has 3 nitrogen and oxygen atoms in total. The Morgan fingerprint density at radius 3 is 2.04 bits per heavy atom. The number of nitrogens with one attached hydrogen (secondary N) is 1. The van der Waals surface area contributed by atoms with Crippen molar-refractivity contribution in [3.63, 3.8) is 0 Å². The minimum Gasteiger partial charge on any atom is -0.356 e. The van der Waals surface area contributed by atoms with Gasteiger partial charge < -0.3 is 5.32 Å². The van der Waals surface area contributed by atoms with Gasteiger partial charge in [0.25, 0.3) is 0 Å². The molecule has 0 bridgehead atoms. The van der Waals surface area contributed by atoms with Gasteiger partial charge in [0, 0.05) is 24.9 Å². The third-order valence-corrected chi connectivity index (χ3v) is 3.62. The van der Waals surface area contributed by atoms with Crippen LogP contribution in [0.25, 0.3) is 0 Å². The Morgan fingerprint density at radius 1 is 0.833 bits per heavy atom. The van der Waals surface area contributed by atoms with E-state index < -0.39 is 0 Å². The third-order valence-electron chi connectivity index (χ3n) is 3.62. The van der Waals surface area contributed by atoms with Crippen LogP contribution >= 0.6 is 0 Å². The van der Waals surface area contributed by atoms with E-state index >= 15 is 0 Å². The molecular formula is C19H19F2NO2. The van der Waals surface area contributed by atoms with Crippen LogP contribution in [-0.4, -0.2) is 18.2 Å². The summed E-state index contributed by atoms with van der Waals surface area (Å²) >= 11 is 0. The SMILES string of the molecule is O=C(CCCC(=O)c1ccc(F)cc1)NCCc1ccc(F)cc1. The molecule has 2 aromatic carbocycles. The van der Waals surface area contributed by atoms with Crippen LogP contribution in [0.3, 0.4) is 0 Å². The summed E-state index contributed by atoms with van der Waals surface area (Å²) in [7, 11) is 0. The minimum atomic E-state index is -0.382. The topological polar surface area (TPSA) is 46.2 Å². The Bertz CT molecular complexity index is 682. The lowest BCUT2D eigenvalue weighted by molar-refractivity contribution is -0.121. The summed E-state index contributed by atoms with van der Waals surface area (Å²) in [6, 6.07) is 11.5. The highest BCUT2D eigenvalue weighted by Crippen LogP contribution is 2.08. The molecule has 126 valence electrons. The molecule has 0 aliphatic heterocycles. The molecule has 0 aromatic heterocycles. The minimum absolute atomic E-state index is 0.103. The number of halogens is 2. The van der Waals surface area contributed by atoms with Gasteiger partial charge in [0.2, 0.25) is 5.91 Å². The van der Waals surface area contributed by atoms with Crippen molar-refractivity contribution in [3.05, 3.63) is 71.3 Å². The molecule has 1 N–H and O–H groups in total. The lowest BCUT2D eigenvalue weighted by Crippen LogP contribution is -2.25. The predicted octanol–water partition coefficient (Wildman–Crippen LogP) is 3.68. The zero-order valence-corrected chi connectivity index (χ0v) is 13.2. The summed E-state index contributed by atoms with van der Waals surface area (Å²) in [5.74, 6) is -0.890. The van der Waals surface area contributed by atoms with Gasteiger partial charge in [-0.05, 0) is 54.8 Å². The first-order valence-electron chi connectivity index (χ1n) is 7.84. The molecule has 0 spiro atoms. The molecule has 24 heavy (non-hydrogen) atoms. The zero-order chi connectivity index (χ0) is 17.4. The smallest absolute Gasteiger partial charge is 0.220 e. The van der Waals surface area contributed by atoms with Gasteiger partial charge in [0.15, 0.2) is 5.78 Å². The molecule has 0 unspecified atom stereocenters. The number of Topliss-reactive ketones (excluding diaryl/α,β-unsaturated/α-hetero) is 1. The van der Waals surface area contributed by atoms with Crippen molar-refractivity contribution >= 4 is 11.7 Å². The normalized spacial score (nSPS) is 10.4. The van der Waals surface area contributed by atoms with Crippen LogP contribution in [0, 0.1) is 11.6 Å². The Hall–Kier alpha value is -2.56. The van der Waals surface area contributed by atoms with Gasteiger partial charge in [-0.1, -0.05) is 12.1 Å². The Labute approximate surface area is 139 Å². The van der Waals surface area contributed by atoms with E-state index in [2.05, 4.69) is 5.32 Å². The van der Waals surface area contributed by atoms with Gasteiger partial charge in [0.05, 0.1) is 0 Å².